The molecule has 100 valence electrons. The molecule has 1 atom stereocenters. The SMILES string of the molecule is COCC(N)c1nc(-c2ccccc2[N+](=O)[O-])no1. The fourth-order valence-electron chi connectivity index (χ4n) is 1.57. The first-order valence-corrected chi connectivity index (χ1v) is 5.45. The molecule has 19 heavy (non-hydrogen) atoms. The van der Waals surface area contributed by atoms with Crippen molar-refractivity contribution in [3.63, 3.8) is 0 Å². The van der Waals surface area contributed by atoms with Crippen LogP contribution in [0.2, 0.25) is 0 Å². The van der Waals surface area contributed by atoms with Crippen molar-refractivity contribution >= 4 is 5.69 Å². The first kappa shape index (κ1) is 13.1. The molecule has 2 aromatic rings. The van der Waals surface area contributed by atoms with Crippen LogP contribution in [0.25, 0.3) is 11.4 Å². The number of methoxy groups -OCH3 is 1. The lowest BCUT2D eigenvalue weighted by atomic mass is 10.2. The van der Waals surface area contributed by atoms with Crippen LogP contribution in [0.5, 0.6) is 0 Å². The highest BCUT2D eigenvalue weighted by atomic mass is 16.6. The van der Waals surface area contributed by atoms with E-state index in [-0.39, 0.29) is 29.6 Å². The molecule has 0 saturated carbocycles. The number of nitrogens with two attached hydrogens (primary N) is 1. The molecule has 0 amide bonds. The minimum absolute atomic E-state index is 0.0878. The largest absolute Gasteiger partial charge is 0.383 e. The predicted octanol–water partition coefficient (Wildman–Crippen LogP) is 1.29. The van der Waals surface area contributed by atoms with Crippen LogP contribution < -0.4 is 5.73 Å². The second-order valence-corrected chi connectivity index (χ2v) is 3.79. The predicted molar refractivity (Wildman–Crippen MR) is 65.2 cm³/mol. The van der Waals surface area contributed by atoms with Crippen molar-refractivity contribution in [2.75, 3.05) is 13.7 Å². The zero-order chi connectivity index (χ0) is 13.8. The molecule has 8 heteroatoms. The Morgan fingerprint density at radius 3 is 2.95 bits per heavy atom. The van der Waals surface area contributed by atoms with Gasteiger partial charge in [-0.05, 0) is 6.07 Å². The lowest BCUT2D eigenvalue weighted by Gasteiger charge is -2.02. The van der Waals surface area contributed by atoms with Crippen LogP contribution in [-0.2, 0) is 4.74 Å². The van der Waals surface area contributed by atoms with Crippen molar-refractivity contribution in [3.8, 4) is 11.4 Å². The van der Waals surface area contributed by atoms with Gasteiger partial charge < -0.3 is 15.0 Å². The van der Waals surface area contributed by atoms with Crippen LogP contribution in [0.1, 0.15) is 11.9 Å². The van der Waals surface area contributed by atoms with E-state index in [1.54, 1.807) is 18.2 Å². The summed E-state index contributed by atoms with van der Waals surface area (Å²) in [5.41, 5.74) is 5.94. The fraction of sp³-hybridized carbons (Fsp3) is 0.273. The van der Waals surface area contributed by atoms with Crippen molar-refractivity contribution < 1.29 is 14.2 Å². The summed E-state index contributed by atoms with van der Waals surface area (Å²) in [6, 6.07) is 5.59. The van der Waals surface area contributed by atoms with Gasteiger partial charge in [0.25, 0.3) is 5.69 Å². The van der Waals surface area contributed by atoms with E-state index in [0.717, 1.165) is 0 Å². The number of nitro groups is 1. The molecule has 0 aliphatic heterocycles. The Bertz CT molecular complexity index is 584. The van der Waals surface area contributed by atoms with E-state index < -0.39 is 11.0 Å². The summed E-state index contributed by atoms with van der Waals surface area (Å²) in [5.74, 6) is 0.309. The quantitative estimate of drug-likeness (QED) is 0.638. The van der Waals surface area contributed by atoms with E-state index >= 15 is 0 Å². The third kappa shape index (κ3) is 2.75. The minimum atomic E-state index is -0.561. The maximum Gasteiger partial charge on any atom is 0.280 e. The molecule has 0 aliphatic carbocycles. The van der Waals surface area contributed by atoms with Gasteiger partial charge in [0, 0.05) is 13.2 Å². The number of benzene rings is 1. The number of hydrogen-bond donors (Lipinski definition) is 1. The van der Waals surface area contributed by atoms with Crippen molar-refractivity contribution in [1.82, 2.24) is 10.1 Å². The van der Waals surface area contributed by atoms with Gasteiger partial charge in [-0.3, -0.25) is 10.1 Å². The molecule has 1 heterocycles. The summed E-state index contributed by atoms with van der Waals surface area (Å²) in [5, 5.41) is 14.6. The molecule has 2 N–H and O–H groups in total. The fourth-order valence-corrected chi connectivity index (χ4v) is 1.57. The maximum absolute atomic E-state index is 10.9. The number of hydrogen-bond acceptors (Lipinski definition) is 7. The molecule has 0 bridgehead atoms. The average molecular weight is 264 g/mol. The highest BCUT2D eigenvalue weighted by Crippen LogP contribution is 2.27. The lowest BCUT2D eigenvalue weighted by Crippen LogP contribution is -2.16. The molecule has 0 spiro atoms. The Balaban J connectivity index is 2.35. The molecule has 1 unspecified atom stereocenters. The van der Waals surface area contributed by atoms with Crippen molar-refractivity contribution in [1.29, 1.82) is 0 Å². The van der Waals surface area contributed by atoms with Gasteiger partial charge in [0.15, 0.2) is 0 Å². The molecule has 8 nitrogen and oxygen atoms in total. The zero-order valence-electron chi connectivity index (χ0n) is 10.1. The second kappa shape index (κ2) is 5.55. The van der Waals surface area contributed by atoms with Gasteiger partial charge in [0.2, 0.25) is 11.7 Å². The molecular formula is C11H12N4O4. The van der Waals surface area contributed by atoms with E-state index in [4.69, 9.17) is 15.0 Å². The van der Waals surface area contributed by atoms with Crippen molar-refractivity contribution in [2.45, 2.75) is 6.04 Å². The first-order valence-electron chi connectivity index (χ1n) is 5.45. The molecule has 1 aromatic carbocycles. The summed E-state index contributed by atoms with van der Waals surface area (Å²) in [6.45, 7) is 0.221. The van der Waals surface area contributed by atoms with Crippen LogP contribution in [0, 0.1) is 10.1 Å². The van der Waals surface area contributed by atoms with Crippen LogP contribution >= 0.6 is 0 Å². The third-order valence-corrected chi connectivity index (χ3v) is 2.45. The Labute approximate surface area is 108 Å². The summed E-state index contributed by atoms with van der Waals surface area (Å²) in [4.78, 5) is 14.5. The highest BCUT2D eigenvalue weighted by Gasteiger charge is 2.21. The van der Waals surface area contributed by atoms with Crippen molar-refractivity contribution in [3.05, 3.63) is 40.3 Å². The summed E-state index contributed by atoms with van der Waals surface area (Å²) in [7, 11) is 1.50. The van der Waals surface area contributed by atoms with Gasteiger partial charge in [-0.2, -0.15) is 4.98 Å². The number of aromatic nitrogens is 2. The highest BCUT2D eigenvalue weighted by molar-refractivity contribution is 5.67. The standard InChI is InChI=1S/C11H12N4O4/c1-18-6-8(12)11-13-10(14-19-11)7-4-2-3-5-9(7)15(16)17/h2-5,8H,6,12H2,1H3. The van der Waals surface area contributed by atoms with Gasteiger partial charge in [0.1, 0.15) is 11.6 Å². The maximum atomic E-state index is 10.9. The molecule has 0 fully saturated rings. The second-order valence-electron chi connectivity index (χ2n) is 3.79. The smallest absolute Gasteiger partial charge is 0.280 e. The molecule has 1 aromatic heterocycles. The van der Waals surface area contributed by atoms with E-state index in [1.807, 2.05) is 0 Å². The molecule has 2 rings (SSSR count). The lowest BCUT2D eigenvalue weighted by molar-refractivity contribution is -0.384. The number of ether oxygens (including phenoxy) is 1. The van der Waals surface area contributed by atoms with Crippen LogP contribution in [0.4, 0.5) is 5.69 Å². The summed E-state index contributed by atoms with van der Waals surface area (Å²) in [6.07, 6.45) is 0. The Kier molecular flexibility index (Phi) is 3.83. The Hall–Kier alpha value is -2.32. The molecule has 0 aliphatic rings. The van der Waals surface area contributed by atoms with Gasteiger partial charge in [-0.25, -0.2) is 0 Å². The topological polar surface area (TPSA) is 117 Å². The van der Waals surface area contributed by atoms with E-state index in [0.29, 0.717) is 0 Å². The van der Waals surface area contributed by atoms with E-state index in [9.17, 15) is 10.1 Å². The normalized spacial score (nSPS) is 12.3. The summed E-state index contributed by atoms with van der Waals surface area (Å²) < 4.78 is 9.85. The van der Waals surface area contributed by atoms with Crippen LogP contribution in [-0.4, -0.2) is 28.8 Å². The van der Waals surface area contributed by atoms with Crippen LogP contribution in [0.15, 0.2) is 28.8 Å². The number of nitrogens with zero attached hydrogens (tertiary/aromatic N) is 3. The number of para-hydroxylation sites is 1. The number of nitro benzene ring substituents is 1. The average Bonchev–Trinajstić information content (AvgIpc) is 2.88. The van der Waals surface area contributed by atoms with Gasteiger partial charge in [-0.15, -0.1) is 0 Å². The minimum Gasteiger partial charge on any atom is -0.383 e. The van der Waals surface area contributed by atoms with Gasteiger partial charge in [0.05, 0.1) is 11.5 Å². The molecular weight excluding hydrogens is 252 g/mol. The first-order chi connectivity index (χ1) is 9.13. The molecule has 0 radical (unpaired) electrons. The Morgan fingerprint density at radius 1 is 1.53 bits per heavy atom. The third-order valence-electron chi connectivity index (χ3n) is 2.45. The zero-order valence-corrected chi connectivity index (χ0v) is 10.1. The van der Waals surface area contributed by atoms with E-state index in [2.05, 4.69) is 10.1 Å². The van der Waals surface area contributed by atoms with E-state index in [1.165, 1.54) is 13.2 Å². The van der Waals surface area contributed by atoms with Gasteiger partial charge in [-0.1, -0.05) is 17.3 Å². The molecule has 0 saturated heterocycles. The Morgan fingerprint density at radius 2 is 2.26 bits per heavy atom. The van der Waals surface area contributed by atoms with Crippen LogP contribution in [0.3, 0.4) is 0 Å². The van der Waals surface area contributed by atoms with Gasteiger partial charge >= 0.3 is 0 Å². The number of rotatable bonds is 5. The van der Waals surface area contributed by atoms with Crippen molar-refractivity contribution in [2.24, 2.45) is 5.73 Å². The monoisotopic (exact) mass is 264 g/mol. The summed E-state index contributed by atoms with van der Waals surface area (Å²) >= 11 is 0.